The fraction of sp³-hybridized carbons (Fsp3) is 0.400. The van der Waals surface area contributed by atoms with Gasteiger partial charge in [0.25, 0.3) is 0 Å². The van der Waals surface area contributed by atoms with Crippen molar-refractivity contribution in [3.8, 4) is 5.75 Å². The lowest BCUT2D eigenvalue weighted by Gasteiger charge is -2.08. The van der Waals surface area contributed by atoms with Gasteiger partial charge in [-0.05, 0) is 37.6 Å². The lowest BCUT2D eigenvalue weighted by atomic mass is 10.1. The Morgan fingerprint density at radius 2 is 2.09 bits per heavy atom. The molecule has 22 heavy (non-hydrogen) atoms. The Morgan fingerprint density at radius 1 is 1.36 bits per heavy atom. The van der Waals surface area contributed by atoms with Crippen LogP contribution in [0.5, 0.6) is 5.75 Å². The van der Waals surface area contributed by atoms with Crippen LogP contribution in [-0.2, 0) is 0 Å². The first-order valence-electron chi connectivity index (χ1n) is 7.06. The van der Waals surface area contributed by atoms with Crippen LogP contribution in [0.25, 0.3) is 0 Å². The molecule has 2 aromatic rings. The number of carbonyl (C=O) groups excluding carboxylic acids is 1. The van der Waals surface area contributed by atoms with Crippen LogP contribution in [0.3, 0.4) is 0 Å². The van der Waals surface area contributed by atoms with Gasteiger partial charge < -0.3 is 10.1 Å². The second-order valence-electron chi connectivity index (χ2n) is 4.65. The van der Waals surface area contributed by atoms with Crippen molar-refractivity contribution in [2.24, 2.45) is 0 Å². The third-order valence-corrected chi connectivity index (χ3v) is 5.02. The minimum Gasteiger partial charge on any atom is -0.497 e. The van der Waals surface area contributed by atoms with Gasteiger partial charge >= 0.3 is 0 Å². The van der Waals surface area contributed by atoms with E-state index in [2.05, 4.69) is 22.4 Å². The number of benzene rings is 1. The molecule has 0 aliphatic rings. The fourth-order valence-electron chi connectivity index (χ4n) is 1.76. The largest absolute Gasteiger partial charge is 0.497 e. The molecule has 0 radical (unpaired) electrons. The van der Waals surface area contributed by atoms with Gasteiger partial charge in [-0.1, -0.05) is 30.0 Å². The summed E-state index contributed by atoms with van der Waals surface area (Å²) in [5.74, 6) is 0.818. The summed E-state index contributed by atoms with van der Waals surface area (Å²) in [6, 6.07) is 7.16. The summed E-state index contributed by atoms with van der Waals surface area (Å²) >= 11 is 2.91. The van der Waals surface area contributed by atoms with Crippen molar-refractivity contribution in [1.82, 2.24) is 10.2 Å². The van der Waals surface area contributed by atoms with Crippen molar-refractivity contribution in [2.45, 2.75) is 29.9 Å². The molecule has 1 aromatic heterocycles. The summed E-state index contributed by atoms with van der Waals surface area (Å²) in [6.45, 7) is 4.86. The van der Waals surface area contributed by atoms with E-state index in [1.807, 2.05) is 6.92 Å². The zero-order valence-corrected chi connectivity index (χ0v) is 14.5. The van der Waals surface area contributed by atoms with Crippen LogP contribution in [0.4, 0.5) is 5.13 Å². The van der Waals surface area contributed by atoms with Crippen molar-refractivity contribution >= 4 is 34.0 Å². The van der Waals surface area contributed by atoms with Gasteiger partial charge in [-0.3, -0.25) is 4.79 Å². The Hall–Kier alpha value is -1.60. The molecule has 0 aliphatic carbocycles. The van der Waals surface area contributed by atoms with Gasteiger partial charge in [-0.25, -0.2) is 0 Å². The maximum Gasteiger partial charge on any atom is 0.206 e. The first kappa shape index (κ1) is 16.8. The SMILES string of the molecule is CCCNc1nnc(S[C@@H](C)C(=O)c2ccc(OC)cc2)s1. The normalized spacial score (nSPS) is 12.0. The number of thioether (sulfide) groups is 1. The van der Waals surface area contributed by atoms with E-state index < -0.39 is 0 Å². The molecule has 5 nitrogen and oxygen atoms in total. The van der Waals surface area contributed by atoms with E-state index in [9.17, 15) is 4.79 Å². The minimum atomic E-state index is -0.208. The predicted octanol–water partition coefficient (Wildman–Crippen LogP) is 3.73. The molecule has 118 valence electrons. The number of carbonyl (C=O) groups is 1. The highest BCUT2D eigenvalue weighted by Gasteiger charge is 2.18. The highest BCUT2D eigenvalue weighted by Crippen LogP contribution is 2.30. The zero-order chi connectivity index (χ0) is 15.9. The molecule has 1 N–H and O–H groups in total. The maximum atomic E-state index is 12.4. The molecule has 0 aliphatic heterocycles. The summed E-state index contributed by atoms with van der Waals surface area (Å²) in [4.78, 5) is 12.4. The van der Waals surface area contributed by atoms with Crippen LogP contribution in [0.15, 0.2) is 28.6 Å². The topological polar surface area (TPSA) is 64.1 Å². The molecule has 2 rings (SSSR count). The number of ketones is 1. The van der Waals surface area contributed by atoms with Crippen LogP contribution < -0.4 is 10.1 Å². The Morgan fingerprint density at radius 3 is 2.73 bits per heavy atom. The summed E-state index contributed by atoms with van der Waals surface area (Å²) in [7, 11) is 1.61. The number of nitrogens with one attached hydrogen (secondary N) is 1. The third-order valence-electron chi connectivity index (χ3n) is 2.95. The molecule has 0 fully saturated rings. The molecule has 0 bridgehead atoms. The molecule has 7 heteroatoms. The lowest BCUT2D eigenvalue weighted by molar-refractivity contribution is 0.0994. The number of hydrogen-bond donors (Lipinski definition) is 1. The standard InChI is InChI=1S/C15H19N3O2S2/c1-4-9-16-14-17-18-15(22-14)21-10(2)13(19)11-5-7-12(20-3)8-6-11/h5-8,10H,4,9H2,1-3H3,(H,16,17)/t10-/m0/s1. The van der Waals surface area contributed by atoms with Gasteiger partial charge in [0.2, 0.25) is 5.13 Å². The molecular weight excluding hydrogens is 318 g/mol. The molecule has 0 spiro atoms. The van der Waals surface area contributed by atoms with Gasteiger partial charge in [0.1, 0.15) is 5.75 Å². The van der Waals surface area contributed by atoms with E-state index in [-0.39, 0.29) is 11.0 Å². The van der Waals surface area contributed by atoms with Gasteiger partial charge in [0, 0.05) is 12.1 Å². The van der Waals surface area contributed by atoms with Crippen molar-refractivity contribution < 1.29 is 9.53 Å². The van der Waals surface area contributed by atoms with Crippen molar-refractivity contribution in [2.75, 3.05) is 19.0 Å². The Kier molecular flexibility index (Phi) is 6.21. The van der Waals surface area contributed by atoms with Crippen LogP contribution >= 0.6 is 23.1 Å². The Balaban J connectivity index is 1.96. The minimum absolute atomic E-state index is 0.0749. The van der Waals surface area contributed by atoms with E-state index in [4.69, 9.17) is 4.74 Å². The second-order valence-corrected chi connectivity index (χ2v) is 7.22. The second kappa shape index (κ2) is 8.14. The van der Waals surface area contributed by atoms with E-state index in [0.717, 1.165) is 28.2 Å². The summed E-state index contributed by atoms with van der Waals surface area (Å²) in [6.07, 6.45) is 1.04. The third kappa shape index (κ3) is 4.45. The zero-order valence-electron chi connectivity index (χ0n) is 12.8. The Labute approximate surface area is 138 Å². The molecule has 1 heterocycles. The molecule has 0 saturated heterocycles. The first-order chi connectivity index (χ1) is 10.6. The monoisotopic (exact) mass is 337 g/mol. The number of aromatic nitrogens is 2. The van der Waals surface area contributed by atoms with Crippen molar-refractivity contribution in [3.05, 3.63) is 29.8 Å². The van der Waals surface area contributed by atoms with E-state index in [1.54, 1.807) is 31.4 Å². The molecule has 0 amide bonds. The lowest BCUT2D eigenvalue weighted by Crippen LogP contribution is -2.13. The number of rotatable bonds is 8. The van der Waals surface area contributed by atoms with E-state index in [0.29, 0.717) is 5.56 Å². The average molecular weight is 337 g/mol. The quantitative estimate of drug-likeness (QED) is 0.585. The van der Waals surface area contributed by atoms with Gasteiger partial charge in [0.15, 0.2) is 10.1 Å². The molecule has 0 unspecified atom stereocenters. The van der Waals surface area contributed by atoms with Crippen molar-refractivity contribution in [1.29, 1.82) is 0 Å². The number of methoxy groups -OCH3 is 1. The molecule has 1 aromatic carbocycles. The number of ether oxygens (including phenoxy) is 1. The highest BCUT2D eigenvalue weighted by atomic mass is 32.2. The van der Waals surface area contributed by atoms with Gasteiger partial charge in [-0.15, -0.1) is 10.2 Å². The highest BCUT2D eigenvalue weighted by molar-refractivity contribution is 8.02. The summed E-state index contributed by atoms with van der Waals surface area (Å²) in [5.41, 5.74) is 0.676. The van der Waals surface area contributed by atoms with Crippen LogP contribution in [0, 0.1) is 0 Å². The van der Waals surface area contributed by atoms with Gasteiger partial charge in [0.05, 0.1) is 12.4 Å². The smallest absolute Gasteiger partial charge is 0.206 e. The summed E-state index contributed by atoms with van der Waals surface area (Å²) in [5, 5.41) is 12.0. The number of nitrogens with zero attached hydrogens (tertiary/aromatic N) is 2. The van der Waals surface area contributed by atoms with E-state index >= 15 is 0 Å². The van der Waals surface area contributed by atoms with Crippen LogP contribution in [0.2, 0.25) is 0 Å². The molecule has 0 saturated carbocycles. The number of hydrogen-bond acceptors (Lipinski definition) is 7. The number of Topliss-reactive ketones (excluding diaryl/α,β-unsaturated/α-hetero) is 1. The van der Waals surface area contributed by atoms with Crippen LogP contribution in [0.1, 0.15) is 30.6 Å². The fourth-order valence-corrected chi connectivity index (χ4v) is 3.75. The van der Waals surface area contributed by atoms with E-state index in [1.165, 1.54) is 23.1 Å². The predicted molar refractivity (Wildman–Crippen MR) is 91.3 cm³/mol. The summed E-state index contributed by atoms with van der Waals surface area (Å²) < 4.78 is 5.90. The maximum absolute atomic E-state index is 12.4. The Bertz CT molecular complexity index is 614. The first-order valence-corrected chi connectivity index (χ1v) is 8.76. The molecule has 1 atom stereocenters. The van der Waals surface area contributed by atoms with Crippen LogP contribution in [-0.4, -0.2) is 34.9 Å². The average Bonchev–Trinajstić information content (AvgIpc) is 2.99. The number of anilines is 1. The van der Waals surface area contributed by atoms with Crippen molar-refractivity contribution in [3.63, 3.8) is 0 Å². The van der Waals surface area contributed by atoms with Gasteiger partial charge in [-0.2, -0.15) is 0 Å². The molecular formula is C15H19N3O2S2.